The van der Waals surface area contributed by atoms with Crippen LogP contribution >= 0.6 is 0 Å². The van der Waals surface area contributed by atoms with Crippen molar-refractivity contribution in [2.45, 2.75) is 19.8 Å². The number of ether oxygens (including phenoxy) is 2. The predicted molar refractivity (Wildman–Crippen MR) is 124 cm³/mol. The molecule has 32 heavy (non-hydrogen) atoms. The van der Waals surface area contributed by atoms with Gasteiger partial charge >= 0.3 is 0 Å². The van der Waals surface area contributed by atoms with Crippen LogP contribution in [-0.2, 0) is 4.79 Å². The molecule has 3 rings (SSSR count). The fourth-order valence-corrected chi connectivity index (χ4v) is 3.58. The first-order valence-corrected chi connectivity index (χ1v) is 11.1. The van der Waals surface area contributed by atoms with Crippen molar-refractivity contribution in [3.05, 3.63) is 59.7 Å². The summed E-state index contributed by atoms with van der Waals surface area (Å²) in [5.74, 6) is 1.82. The molecular weight excluding hydrogens is 406 g/mol. The van der Waals surface area contributed by atoms with Crippen LogP contribution in [0.2, 0.25) is 0 Å². The minimum absolute atomic E-state index is 0.00500. The van der Waals surface area contributed by atoms with Crippen molar-refractivity contribution in [2.24, 2.45) is 0 Å². The molecule has 0 bridgehead atoms. The molecule has 1 heterocycles. The highest BCUT2D eigenvalue weighted by molar-refractivity contribution is 5.94. The summed E-state index contributed by atoms with van der Waals surface area (Å²) in [6, 6.07) is 15.0. The van der Waals surface area contributed by atoms with E-state index in [-0.39, 0.29) is 18.4 Å². The van der Waals surface area contributed by atoms with Crippen LogP contribution in [0.3, 0.4) is 0 Å². The molecule has 1 fully saturated rings. The first kappa shape index (κ1) is 23.6. The molecule has 0 aromatic heterocycles. The van der Waals surface area contributed by atoms with Gasteiger partial charge in [-0.3, -0.25) is 14.5 Å². The lowest BCUT2D eigenvalue weighted by atomic mass is 10.0. The second-order valence-corrected chi connectivity index (χ2v) is 8.22. The Bertz CT molecular complexity index is 873. The van der Waals surface area contributed by atoms with Gasteiger partial charge in [0.05, 0.1) is 7.11 Å². The Morgan fingerprint density at radius 3 is 2.16 bits per heavy atom. The summed E-state index contributed by atoms with van der Waals surface area (Å²) in [5.41, 5.74) is 1.86. The Balaban J connectivity index is 1.33. The van der Waals surface area contributed by atoms with Gasteiger partial charge in [-0.1, -0.05) is 26.0 Å². The van der Waals surface area contributed by atoms with Gasteiger partial charge in [0.1, 0.15) is 11.5 Å². The van der Waals surface area contributed by atoms with Crippen molar-refractivity contribution in [1.82, 2.24) is 15.1 Å². The summed E-state index contributed by atoms with van der Waals surface area (Å²) in [5, 5.41) is 2.95. The molecule has 0 atom stereocenters. The topological polar surface area (TPSA) is 71.1 Å². The van der Waals surface area contributed by atoms with Crippen LogP contribution in [-0.4, -0.2) is 74.6 Å². The zero-order chi connectivity index (χ0) is 22.9. The predicted octanol–water partition coefficient (Wildman–Crippen LogP) is 2.77. The van der Waals surface area contributed by atoms with Gasteiger partial charge in [0.15, 0.2) is 6.61 Å². The standard InChI is InChI=1S/C25H33N3O4/c1-19(2)20-4-10-23(11-5-20)32-18-24(29)28-16-14-27(15-17-28)13-12-26-25(30)21-6-8-22(31-3)9-7-21/h4-11,19H,12-18H2,1-3H3,(H,26,30). The summed E-state index contributed by atoms with van der Waals surface area (Å²) < 4.78 is 10.8. The fraction of sp³-hybridized carbons (Fsp3) is 0.440. The largest absolute Gasteiger partial charge is 0.497 e. The fourth-order valence-electron chi connectivity index (χ4n) is 3.58. The average molecular weight is 440 g/mol. The second-order valence-electron chi connectivity index (χ2n) is 8.22. The Hall–Kier alpha value is -3.06. The molecular formula is C25H33N3O4. The van der Waals surface area contributed by atoms with Gasteiger partial charge in [-0.25, -0.2) is 0 Å². The van der Waals surface area contributed by atoms with E-state index in [0.717, 1.165) is 25.4 Å². The number of nitrogens with one attached hydrogen (secondary N) is 1. The summed E-state index contributed by atoms with van der Waals surface area (Å²) in [6.45, 7) is 8.57. The molecule has 1 N–H and O–H groups in total. The molecule has 0 radical (unpaired) electrons. The van der Waals surface area contributed by atoms with Crippen molar-refractivity contribution >= 4 is 11.8 Å². The van der Waals surface area contributed by atoms with Crippen molar-refractivity contribution in [2.75, 3.05) is 53.0 Å². The number of carbonyl (C=O) groups is 2. The number of nitrogens with zero attached hydrogens (tertiary/aromatic N) is 2. The Morgan fingerprint density at radius 2 is 1.56 bits per heavy atom. The van der Waals surface area contributed by atoms with Crippen molar-refractivity contribution in [3.63, 3.8) is 0 Å². The normalized spacial score (nSPS) is 14.3. The molecule has 2 aromatic carbocycles. The molecule has 2 aromatic rings. The maximum atomic E-state index is 12.5. The lowest BCUT2D eigenvalue weighted by Crippen LogP contribution is -2.51. The van der Waals surface area contributed by atoms with Crippen molar-refractivity contribution in [1.29, 1.82) is 0 Å². The first-order chi connectivity index (χ1) is 15.5. The smallest absolute Gasteiger partial charge is 0.260 e. The highest BCUT2D eigenvalue weighted by Gasteiger charge is 2.21. The number of hydrogen-bond donors (Lipinski definition) is 1. The van der Waals surface area contributed by atoms with E-state index in [1.54, 1.807) is 31.4 Å². The molecule has 7 heteroatoms. The van der Waals surface area contributed by atoms with Crippen molar-refractivity contribution in [3.8, 4) is 11.5 Å². The third-order valence-electron chi connectivity index (χ3n) is 5.70. The molecule has 1 saturated heterocycles. The summed E-state index contributed by atoms with van der Waals surface area (Å²) in [6.07, 6.45) is 0. The molecule has 7 nitrogen and oxygen atoms in total. The van der Waals surface area contributed by atoms with E-state index >= 15 is 0 Å². The highest BCUT2D eigenvalue weighted by Crippen LogP contribution is 2.18. The molecule has 172 valence electrons. The van der Waals surface area contributed by atoms with Crippen LogP contribution in [0.25, 0.3) is 0 Å². The van der Waals surface area contributed by atoms with Gasteiger partial charge in [-0.15, -0.1) is 0 Å². The van der Waals surface area contributed by atoms with Gasteiger partial charge in [-0.2, -0.15) is 0 Å². The molecule has 1 aliphatic rings. The number of carbonyl (C=O) groups excluding carboxylic acids is 2. The second kappa shape index (κ2) is 11.5. The van der Waals surface area contributed by atoms with E-state index in [1.165, 1.54) is 5.56 Å². The zero-order valence-corrected chi connectivity index (χ0v) is 19.2. The third kappa shape index (κ3) is 6.72. The van der Waals surface area contributed by atoms with Crippen LogP contribution in [0.5, 0.6) is 11.5 Å². The molecule has 2 amide bonds. The van der Waals surface area contributed by atoms with E-state index in [1.807, 2.05) is 29.2 Å². The van der Waals surface area contributed by atoms with Gasteiger partial charge in [-0.05, 0) is 47.9 Å². The number of methoxy groups -OCH3 is 1. The molecule has 1 aliphatic heterocycles. The monoisotopic (exact) mass is 439 g/mol. The number of amides is 2. The van der Waals surface area contributed by atoms with Gasteiger partial charge in [0.2, 0.25) is 0 Å². The van der Waals surface area contributed by atoms with Crippen molar-refractivity contribution < 1.29 is 19.1 Å². The van der Waals surface area contributed by atoms with Crippen LogP contribution in [0.1, 0.15) is 35.7 Å². The third-order valence-corrected chi connectivity index (χ3v) is 5.70. The SMILES string of the molecule is COc1ccc(C(=O)NCCN2CCN(C(=O)COc3ccc(C(C)C)cc3)CC2)cc1. The Kier molecular flexibility index (Phi) is 8.50. The number of hydrogen-bond acceptors (Lipinski definition) is 5. The Labute approximate surface area is 190 Å². The summed E-state index contributed by atoms with van der Waals surface area (Å²) >= 11 is 0. The molecule has 0 unspecified atom stereocenters. The van der Waals surface area contributed by atoms with Gasteiger partial charge < -0.3 is 19.7 Å². The lowest BCUT2D eigenvalue weighted by molar-refractivity contribution is -0.135. The van der Waals surface area contributed by atoms with Crippen LogP contribution in [0.15, 0.2) is 48.5 Å². The van der Waals surface area contributed by atoms with E-state index in [0.29, 0.717) is 36.9 Å². The number of rotatable bonds is 9. The van der Waals surface area contributed by atoms with E-state index < -0.39 is 0 Å². The quantitative estimate of drug-likeness (QED) is 0.651. The van der Waals surface area contributed by atoms with Gasteiger partial charge in [0, 0.05) is 44.8 Å². The average Bonchev–Trinajstić information content (AvgIpc) is 2.83. The first-order valence-electron chi connectivity index (χ1n) is 11.1. The zero-order valence-electron chi connectivity index (χ0n) is 19.2. The van der Waals surface area contributed by atoms with Gasteiger partial charge in [0.25, 0.3) is 11.8 Å². The Morgan fingerprint density at radius 1 is 0.938 bits per heavy atom. The van der Waals surface area contributed by atoms with Crippen LogP contribution in [0, 0.1) is 0 Å². The minimum atomic E-state index is -0.0972. The van der Waals surface area contributed by atoms with E-state index in [9.17, 15) is 9.59 Å². The maximum Gasteiger partial charge on any atom is 0.260 e. The summed E-state index contributed by atoms with van der Waals surface area (Å²) in [7, 11) is 1.60. The molecule has 0 saturated carbocycles. The molecule has 0 spiro atoms. The van der Waals surface area contributed by atoms with E-state index in [2.05, 4.69) is 24.1 Å². The van der Waals surface area contributed by atoms with E-state index in [4.69, 9.17) is 9.47 Å². The van der Waals surface area contributed by atoms with Crippen LogP contribution in [0.4, 0.5) is 0 Å². The number of piperazine rings is 1. The molecule has 0 aliphatic carbocycles. The minimum Gasteiger partial charge on any atom is -0.497 e. The summed E-state index contributed by atoms with van der Waals surface area (Å²) in [4.78, 5) is 28.8. The lowest BCUT2D eigenvalue weighted by Gasteiger charge is -2.34. The van der Waals surface area contributed by atoms with Crippen LogP contribution < -0.4 is 14.8 Å². The highest BCUT2D eigenvalue weighted by atomic mass is 16.5. The maximum absolute atomic E-state index is 12.5. The number of benzene rings is 2.